The number of aryl methyl sites for hydroxylation is 1. The van der Waals surface area contributed by atoms with Crippen LogP contribution < -0.4 is 10.6 Å². The molecule has 2 aliphatic rings. The minimum Gasteiger partial charge on any atom is -0.345 e. The van der Waals surface area contributed by atoms with Gasteiger partial charge in [-0.1, -0.05) is 18.3 Å². The van der Waals surface area contributed by atoms with Gasteiger partial charge in [0.15, 0.2) is 5.13 Å². The van der Waals surface area contributed by atoms with Crippen LogP contribution in [0.15, 0.2) is 0 Å². The largest absolute Gasteiger partial charge is 0.345 e. The molecule has 0 radical (unpaired) electrons. The van der Waals surface area contributed by atoms with E-state index in [9.17, 15) is 0 Å². The number of hydrogen-bond donors (Lipinski definition) is 1. The minimum absolute atomic E-state index is 0.234. The summed E-state index contributed by atoms with van der Waals surface area (Å²) < 4.78 is 0. The summed E-state index contributed by atoms with van der Waals surface area (Å²) >= 11 is 1.85. The normalized spacial score (nSPS) is 32.4. The van der Waals surface area contributed by atoms with Gasteiger partial charge in [-0.25, -0.2) is 4.98 Å². The van der Waals surface area contributed by atoms with Crippen LogP contribution in [0.1, 0.15) is 56.1 Å². The molecular formula is C14H23N3S. The fourth-order valence-electron chi connectivity index (χ4n) is 3.17. The number of nitrogens with zero attached hydrogens (tertiary/aromatic N) is 2. The topological polar surface area (TPSA) is 42.2 Å². The standard InChI is InChI=1S/C14H23N3S/c1-9-5-4-8-17(10(9)2)14-16-12-7-3-6-11(15)13(12)18-14/h9-11H,3-8,15H2,1-2H3. The molecule has 2 heterocycles. The molecule has 1 aromatic heterocycles. The van der Waals surface area contributed by atoms with Gasteiger partial charge in [0.2, 0.25) is 0 Å². The molecule has 2 N–H and O–H groups in total. The van der Waals surface area contributed by atoms with Crippen molar-refractivity contribution in [2.75, 3.05) is 11.4 Å². The summed E-state index contributed by atoms with van der Waals surface area (Å²) in [6.07, 6.45) is 6.09. The molecule has 1 aromatic rings. The highest BCUT2D eigenvalue weighted by Crippen LogP contribution is 2.38. The molecule has 100 valence electrons. The van der Waals surface area contributed by atoms with Crippen molar-refractivity contribution in [3.8, 4) is 0 Å². The summed E-state index contributed by atoms with van der Waals surface area (Å²) in [4.78, 5) is 8.73. The molecule has 18 heavy (non-hydrogen) atoms. The maximum atomic E-state index is 6.20. The van der Waals surface area contributed by atoms with Crippen molar-refractivity contribution >= 4 is 16.5 Å². The predicted molar refractivity (Wildman–Crippen MR) is 77.2 cm³/mol. The first-order valence-electron chi connectivity index (χ1n) is 7.18. The Morgan fingerprint density at radius 3 is 2.89 bits per heavy atom. The molecule has 3 atom stereocenters. The van der Waals surface area contributed by atoms with Crippen LogP contribution in [0.3, 0.4) is 0 Å². The van der Waals surface area contributed by atoms with Crippen LogP contribution in [0, 0.1) is 5.92 Å². The quantitative estimate of drug-likeness (QED) is 0.848. The van der Waals surface area contributed by atoms with Crippen LogP contribution in [-0.4, -0.2) is 17.6 Å². The van der Waals surface area contributed by atoms with Gasteiger partial charge < -0.3 is 10.6 Å². The van der Waals surface area contributed by atoms with Gasteiger partial charge in [0.1, 0.15) is 0 Å². The zero-order valence-electron chi connectivity index (χ0n) is 11.4. The van der Waals surface area contributed by atoms with Crippen molar-refractivity contribution in [2.24, 2.45) is 11.7 Å². The van der Waals surface area contributed by atoms with Crippen LogP contribution in [0.2, 0.25) is 0 Å². The van der Waals surface area contributed by atoms with E-state index in [4.69, 9.17) is 10.7 Å². The Bertz CT molecular complexity index is 429. The summed E-state index contributed by atoms with van der Waals surface area (Å²) in [6.45, 7) is 5.85. The number of fused-ring (bicyclic) bond motifs is 1. The Hall–Kier alpha value is -0.610. The maximum absolute atomic E-state index is 6.20. The summed E-state index contributed by atoms with van der Waals surface area (Å²) in [5.41, 5.74) is 7.48. The molecule has 0 saturated carbocycles. The summed E-state index contributed by atoms with van der Waals surface area (Å²) in [6, 6.07) is 0.847. The van der Waals surface area contributed by atoms with Gasteiger partial charge >= 0.3 is 0 Å². The average molecular weight is 265 g/mol. The zero-order valence-corrected chi connectivity index (χ0v) is 12.2. The third-order valence-electron chi connectivity index (χ3n) is 4.60. The molecule has 1 saturated heterocycles. The van der Waals surface area contributed by atoms with E-state index in [1.807, 2.05) is 11.3 Å². The smallest absolute Gasteiger partial charge is 0.186 e. The first kappa shape index (κ1) is 12.4. The lowest BCUT2D eigenvalue weighted by Crippen LogP contribution is -2.42. The molecule has 3 unspecified atom stereocenters. The molecule has 0 aromatic carbocycles. The lowest BCUT2D eigenvalue weighted by molar-refractivity contribution is 0.363. The molecule has 1 fully saturated rings. The molecule has 0 bridgehead atoms. The first-order chi connectivity index (χ1) is 8.66. The number of rotatable bonds is 1. The highest BCUT2D eigenvalue weighted by Gasteiger charge is 2.29. The van der Waals surface area contributed by atoms with Crippen LogP contribution in [-0.2, 0) is 6.42 Å². The molecule has 1 aliphatic heterocycles. The van der Waals surface area contributed by atoms with Crippen molar-refractivity contribution in [3.05, 3.63) is 10.6 Å². The Balaban J connectivity index is 1.88. The van der Waals surface area contributed by atoms with E-state index in [1.165, 1.54) is 35.0 Å². The van der Waals surface area contributed by atoms with E-state index in [2.05, 4.69) is 18.7 Å². The fraction of sp³-hybridized carbons (Fsp3) is 0.786. The van der Waals surface area contributed by atoms with Gasteiger partial charge in [0.05, 0.1) is 5.69 Å². The van der Waals surface area contributed by atoms with E-state index in [1.54, 1.807) is 0 Å². The first-order valence-corrected chi connectivity index (χ1v) is 8.00. The van der Waals surface area contributed by atoms with Crippen molar-refractivity contribution in [1.29, 1.82) is 0 Å². The third-order valence-corrected chi connectivity index (χ3v) is 5.87. The van der Waals surface area contributed by atoms with Crippen LogP contribution in [0.4, 0.5) is 5.13 Å². The highest BCUT2D eigenvalue weighted by atomic mass is 32.1. The van der Waals surface area contributed by atoms with E-state index in [0.717, 1.165) is 25.3 Å². The van der Waals surface area contributed by atoms with E-state index in [0.29, 0.717) is 6.04 Å². The molecule has 4 heteroatoms. The molecule has 0 spiro atoms. The average Bonchev–Trinajstić information content (AvgIpc) is 2.78. The Kier molecular flexibility index (Phi) is 3.32. The Morgan fingerprint density at radius 1 is 1.28 bits per heavy atom. The fourth-order valence-corrected chi connectivity index (χ4v) is 4.43. The van der Waals surface area contributed by atoms with E-state index in [-0.39, 0.29) is 6.04 Å². The molecular weight excluding hydrogens is 242 g/mol. The highest BCUT2D eigenvalue weighted by molar-refractivity contribution is 7.15. The van der Waals surface area contributed by atoms with Gasteiger partial charge in [0.25, 0.3) is 0 Å². The van der Waals surface area contributed by atoms with Crippen molar-refractivity contribution in [1.82, 2.24) is 4.98 Å². The van der Waals surface area contributed by atoms with Gasteiger partial charge in [-0.2, -0.15) is 0 Å². The second-order valence-corrected chi connectivity index (χ2v) is 6.87. The van der Waals surface area contributed by atoms with Crippen molar-refractivity contribution < 1.29 is 0 Å². The van der Waals surface area contributed by atoms with E-state index < -0.39 is 0 Å². The maximum Gasteiger partial charge on any atom is 0.186 e. The minimum atomic E-state index is 0.234. The molecule has 3 rings (SSSR count). The van der Waals surface area contributed by atoms with Crippen LogP contribution in [0.25, 0.3) is 0 Å². The molecule has 3 nitrogen and oxygen atoms in total. The van der Waals surface area contributed by atoms with Gasteiger partial charge in [-0.05, 0) is 44.9 Å². The number of nitrogens with two attached hydrogens (primary N) is 1. The second-order valence-electron chi connectivity index (χ2n) is 5.86. The van der Waals surface area contributed by atoms with Crippen molar-refractivity contribution in [3.63, 3.8) is 0 Å². The lowest BCUT2D eigenvalue weighted by atomic mass is 9.92. The predicted octanol–water partition coefficient (Wildman–Crippen LogP) is 3.10. The Labute approximate surface area is 113 Å². The third kappa shape index (κ3) is 2.05. The number of hydrogen-bond acceptors (Lipinski definition) is 4. The molecule has 0 amide bonds. The Morgan fingerprint density at radius 2 is 2.11 bits per heavy atom. The number of piperidine rings is 1. The van der Waals surface area contributed by atoms with Gasteiger partial charge in [0, 0.05) is 23.5 Å². The van der Waals surface area contributed by atoms with E-state index >= 15 is 0 Å². The number of anilines is 1. The lowest BCUT2D eigenvalue weighted by Gasteiger charge is -2.37. The summed E-state index contributed by atoms with van der Waals surface area (Å²) in [5, 5.41) is 1.22. The molecule has 1 aliphatic carbocycles. The number of aromatic nitrogens is 1. The number of thiazole rings is 1. The SMILES string of the molecule is CC1CCCN(c2nc3c(s2)C(N)CCC3)C1C. The van der Waals surface area contributed by atoms with Crippen LogP contribution in [0.5, 0.6) is 0 Å². The van der Waals surface area contributed by atoms with Gasteiger partial charge in [-0.15, -0.1) is 0 Å². The van der Waals surface area contributed by atoms with Crippen LogP contribution >= 0.6 is 11.3 Å². The van der Waals surface area contributed by atoms with Gasteiger partial charge in [-0.3, -0.25) is 0 Å². The monoisotopic (exact) mass is 265 g/mol. The summed E-state index contributed by atoms with van der Waals surface area (Å²) in [7, 11) is 0. The van der Waals surface area contributed by atoms with Crippen molar-refractivity contribution in [2.45, 2.75) is 58.0 Å². The second kappa shape index (κ2) is 4.82. The summed E-state index contributed by atoms with van der Waals surface area (Å²) in [5.74, 6) is 0.772. The zero-order chi connectivity index (χ0) is 12.7.